The summed E-state index contributed by atoms with van der Waals surface area (Å²) in [5.74, 6) is -3.83. The van der Waals surface area contributed by atoms with E-state index in [1.54, 1.807) is 11.4 Å². The van der Waals surface area contributed by atoms with Gasteiger partial charge in [0.05, 0.1) is 18.7 Å². The topological polar surface area (TPSA) is 95.5 Å². The Morgan fingerprint density at radius 2 is 1.95 bits per heavy atom. The zero-order valence-corrected chi connectivity index (χ0v) is 12.6. The van der Waals surface area contributed by atoms with Crippen molar-refractivity contribution in [1.29, 1.82) is 0 Å². The molecule has 1 heterocycles. The van der Waals surface area contributed by atoms with Gasteiger partial charge in [-0.2, -0.15) is 0 Å². The number of anilines is 1. The van der Waals surface area contributed by atoms with E-state index in [0.29, 0.717) is 17.0 Å². The molecule has 0 aliphatic heterocycles. The molecule has 0 unspecified atom stereocenters. The van der Waals surface area contributed by atoms with E-state index in [4.69, 9.17) is 0 Å². The molecule has 1 saturated carbocycles. The van der Waals surface area contributed by atoms with E-state index in [1.807, 2.05) is 12.2 Å². The summed E-state index contributed by atoms with van der Waals surface area (Å²) in [5.41, 5.74) is 0.353. The van der Waals surface area contributed by atoms with Crippen LogP contribution in [-0.2, 0) is 14.3 Å². The molecule has 1 aromatic rings. The molecule has 6 nitrogen and oxygen atoms in total. The second-order valence-electron chi connectivity index (χ2n) is 5.46. The van der Waals surface area contributed by atoms with Gasteiger partial charge in [0.1, 0.15) is 4.88 Å². The molecule has 22 heavy (non-hydrogen) atoms. The zero-order chi connectivity index (χ0) is 15.9. The zero-order valence-electron chi connectivity index (χ0n) is 11.8. The third-order valence-electron chi connectivity index (χ3n) is 4.33. The first-order valence-electron chi connectivity index (χ1n) is 6.88. The number of carbonyl (C=O) groups is 3. The van der Waals surface area contributed by atoms with Crippen molar-refractivity contribution in [3.05, 3.63) is 28.5 Å². The summed E-state index contributed by atoms with van der Waals surface area (Å²) in [7, 11) is 1.26. The largest absolute Gasteiger partial charge is 0.550 e. The molecular weight excluding hydrogens is 306 g/mol. The van der Waals surface area contributed by atoms with Gasteiger partial charge < -0.3 is 20.0 Å². The smallest absolute Gasteiger partial charge is 0.350 e. The van der Waals surface area contributed by atoms with E-state index >= 15 is 0 Å². The molecular formula is C15H14NO5S-. The van der Waals surface area contributed by atoms with Crippen molar-refractivity contribution in [3.8, 4) is 0 Å². The lowest BCUT2D eigenvalue weighted by Gasteiger charge is -2.27. The number of hydrogen-bond acceptors (Lipinski definition) is 6. The summed E-state index contributed by atoms with van der Waals surface area (Å²) in [5, 5.41) is 15.7. The first kappa shape index (κ1) is 14.8. The maximum absolute atomic E-state index is 12.5. The van der Waals surface area contributed by atoms with Gasteiger partial charge in [-0.05, 0) is 29.7 Å². The number of ether oxygens (including phenoxy) is 1. The molecule has 0 saturated heterocycles. The van der Waals surface area contributed by atoms with Crippen molar-refractivity contribution in [2.45, 2.75) is 6.42 Å². The van der Waals surface area contributed by atoms with Gasteiger partial charge in [-0.25, -0.2) is 4.79 Å². The number of carboxylic acids is 1. The van der Waals surface area contributed by atoms with Gasteiger partial charge in [0.2, 0.25) is 5.91 Å². The van der Waals surface area contributed by atoms with Crippen LogP contribution < -0.4 is 10.4 Å². The molecule has 1 amide bonds. The number of rotatable bonds is 4. The van der Waals surface area contributed by atoms with Crippen LogP contribution in [0, 0.1) is 23.7 Å². The number of fused-ring (bicyclic) bond motifs is 2. The highest BCUT2D eigenvalue weighted by atomic mass is 32.1. The van der Waals surface area contributed by atoms with Crippen molar-refractivity contribution in [1.82, 2.24) is 0 Å². The monoisotopic (exact) mass is 320 g/mol. The highest BCUT2D eigenvalue weighted by Crippen LogP contribution is 2.48. The quantitative estimate of drug-likeness (QED) is 0.649. The number of nitrogens with one attached hydrogen (secondary N) is 1. The van der Waals surface area contributed by atoms with Gasteiger partial charge >= 0.3 is 5.97 Å². The number of allylic oxidation sites excluding steroid dienone is 2. The van der Waals surface area contributed by atoms with E-state index in [9.17, 15) is 19.5 Å². The molecule has 0 radical (unpaired) electrons. The molecule has 1 aromatic heterocycles. The lowest BCUT2D eigenvalue weighted by Crippen LogP contribution is -2.42. The molecule has 2 aliphatic carbocycles. The Morgan fingerprint density at radius 1 is 1.27 bits per heavy atom. The van der Waals surface area contributed by atoms with Crippen LogP contribution in [0.25, 0.3) is 0 Å². The molecule has 2 aliphatic rings. The minimum atomic E-state index is -1.20. The van der Waals surface area contributed by atoms with Crippen molar-refractivity contribution in [3.63, 3.8) is 0 Å². The average Bonchev–Trinajstić information content (AvgIpc) is 3.20. The second kappa shape index (κ2) is 5.57. The summed E-state index contributed by atoms with van der Waals surface area (Å²) < 4.78 is 4.66. The normalized spacial score (nSPS) is 28.6. The van der Waals surface area contributed by atoms with E-state index in [2.05, 4.69) is 10.1 Å². The van der Waals surface area contributed by atoms with Crippen LogP contribution in [-0.4, -0.2) is 25.0 Å². The summed E-state index contributed by atoms with van der Waals surface area (Å²) in [6, 6.07) is 1.60. The number of methoxy groups -OCH3 is 1. The maximum atomic E-state index is 12.5. The van der Waals surface area contributed by atoms with E-state index in [1.165, 1.54) is 7.11 Å². The summed E-state index contributed by atoms with van der Waals surface area (Å²) in [6.07, 6.45) is 4.40. The van der Waals surface area contributed by atoms with E-state index in [-0.39, 0.29) is 11.8 Å². The predicted octanol–water partition coefficient (Wildman–Crippen LogP) is 0.661. The van der Waals surface area contributed by atoms with E-state index < -0.39 is 29.7 Å². The summed E-state index contributed by atoms with van der Waals surface area (Å²) in [4.78, 5) is 35.7. The number of aliphatic carboxylic acids is 1. The molecule has 0 aromatic carbocycles. The Bertz CT molecular complexity index is 665. The Hall–Kier alpha value is -2.15. The minimum absolute atomic E-state index is 0.0897. The molecule has 116 valence electrons. The highest BCUT2D eigenvalue weighted by molar-refractivity contribution is 7.12. The number of thiophene rings is 1. The predicted molar refractivity (Wildman–Crippen MR) is 77.0 cm³/mol. The van der Waals surface area contributed by atoms with Crippen LogP contribution in [0.5, 0.6) is 0 Å². The third-order valence-corrected chi connectivity index (χ3v) is 5.22. The lowest BCUT2D eigenvalue weighted by atomic mass is 9.82. The maximum Gasteiger partial charge on any atom is 0.350 e. The van der Waals surface area contributed by atoms with Gasteiger partial charge in [-0.3, -0.25) is 4.79 Å². The summed E-state index contributed by atoms with van der Waals surface area (Å²) in [6.45, 7) is 0. The molecule has 4 atom stereocenters. The molecule has 3 rings (SSSR count). The van der Waals surface area contributed by atoms with Crippen LogP contribution in [0.1, 0.15) is 16.1 Å². The van der Waals surface area contributed by atoms with Gasteiger partial charge in [0.25, 0.3) is 0 Å². The molecule has 0 spiro atoms. The van der Waals surface area contributed by atoms with Crippen molar-refractivity contribution >= 4 is 34.9 Å². The Labute approximate surface area is 130 Å². The number of hydrogen-bond donors (Lipinski definition) is 1. The number of amides is 1. The van der Waals surface area contributed by atoms with Gasteiger partial charge in [-0.15, -0.1) is 11.3 Å². The second-order valence-corrected chi connectivity index (χ2v) is 6.38. The van der Waals surface area contributed by atoms with Gasteiger partial charge in [0, 0.05) is 11.9 Å². The first-order valence-corrected chi connectivity index (χ1v) is 7.76. The summed E-state index contributed by atoms with van der Waals surface area (Å²) >= 11 is 1.16. The number of carbonyl (C=O) groups excluding carboxylic acids is 3. The Kier molecular flexibility index (Phi) is 3.74. The molecule has 1 fully saturated rings. The van der Waals surface area contributed by atoms with Crippen LogP contribution in [0.4, 0.5) is 5.69 Å². The molecule has 1 N–H and O–H groups in total. The fourth-order valence-electron chi connectivity index (χ4n) is 3.38. The lowest BCUT2D eigenvalue weighted by molar-refractivity contribution is -0.313. The standard InChI is InChI=1S/C15H15NO5S/c1-21-15(20)12-9(4-5-22-12)16-13(17)10-7-2-3-8(6-7)11(10)14(18)19/h2-5,7-8,10-11H,6H2,1H3,(H,16,17)(H,18,19)/p-1/t7-,8+,10-,11+/m0/s1. The Balaban J connectivity index is 1.80. The first-order chi connectivity index (χ1) is 10.5. The minimum Gasteiger partial charge on any atom is -0.550 e. The fourth-order valence-corrected chi connectivity index (χ4v) is 4.14. The van der Waals surface area contributed by atoms with Crippen LogP contribution in [0.2, 0.25) is 0 Å². The van der Waals surface area contributed by atoms with Crippen molar-refractivity contribution in [2.24, 2.45) is 23.7 Å². The number of esters is 1. The van der Waals surface area contributed by atoms with Crippen LogP contribution >= 0.6 is 11.3 Å². The number of carboxylic acid groups (broad SMARTS) is 1. The van der Waals surface area contributed by atoms with Crippen LogP contribution in [0.15, 0.2) is 23.6 Å². The van der Waals surface area contributed by atoms with Crippen LogP contribution in [0.3, 0.4) is 0 Å². The van der Waals surface area contributed by atoms with Crippen molar-refractivity contribution in [2.75, 3.05) is 12.4 Å². The Morgan fingerprint density at radius 3 is 2.59 bits per heavy atom. The van der Waals surface area contributed by atoms with E-state index in [0.717, 1.165) is 11.3 Å². The molecule has 7 heteroatoms. The van der Waals surface area contributed by atoms with Gasteiger partial charge in [0.15, 0.2) is 0 Å². The average molecular weight is 320 g/mol. The third kappa shape index (κ3) is 2.31. The fraction of sp³-hybridized carbons (Fsp3) is 0.400. The van der Waals surface area contributed by atoms with Crippen molar-refractivity contribution < 1.29 is 24.2 Å². The molecule has 2 bridgehead atoms. The van der Waals surface area contributed by atoms with Gasteiger partial charge in [-0.1, -0.05) is 12.2 Å². The highest BCUT2D eigenvalue weighted by Gasteiger charge is 2.48. The SMILES string of the molecule is COC(=O)c1sccc1NC(=O)[C@@H]1[C@H](C(=O)[O-])[C@@H]2C=C[C@H]1C2.